The molecule has 18 heavy (non-hydrogen) atoms. The second-order valence-electron chi connectivity index (χ2n) is 4.46. The van der Waals surface area contributed by atoms with Crippen molar-refractivity contribution in [1.29, 1.82) is 0 Å². The average Bonchev–Trinajstić information content (AvgIpc) is 2.78. The molecule has 1 unspecified atom stereocenters. The Kier molecular flexibility index (Phi) is 3.62. The van der Waals surface area contributed by atoms with Gasteiger partial charge in [0.25, 0.3) is 5.91 Å². The maximum atomic E-state index is 12.1. The minimum atomic E-state index is -0.402. The van der Waals surface area contributed by atoms with E-state index in [1.54, 1.807) is 25.1 Å². The Morgan fingerprint density at radius 3 is 3.00 bits per heavy atom. The van der Waals surface area contributed by atoms with Crippen molar-refractivity contribution in [2.75, 3.05) is 13.6 Å². The molecule has 2 heterocycles. The summed E-state index contributed by atoms with van der Waals surface area (Å²) >= 11 is 0. The van der Waals surface area contributed by atoms with Crippen molar-refractivity contribution >= 4 is 11.6 Å². The van der Waals surface area contributed by atoms with Gasteiger partial charge < -0.3 is 14.4 Å². The summed E-state index contributed by atoms with van der Waals surface area (Å²) in [5.74, 6) is -0.126. The van der Waals surface area contributed by atoms with Crippen LogP contribution < -0.4 is 0 Å². The number of amides is 1. The molecular formula is C13H17N3O2. The van der Waals surface area contributed by atoms with Gasteiger partial charge in [-0.25, -0.2) is 4.98 Å². The Balaban J connectivity index is 2.12. The molecule has 2 aromatic rings. The topological polar surface area (TPSA) is 57.8 Å². The van der Waals surface area contributed by atoms with Crippen LogP contribution in [0.2, 0.25) is 0 Å². The number of aliphatic hydroxyl groups excluding tert-OH is 1. The minimum Gasteiger partial charge on any atom is -0.393 e. The monoisotopic (exact) mass is 247 g/mol. The average molecular weight is 247 g/mol. The molecule has 0 radical (unpaired) electrons. The van der Waals surface area contributed by atoms with E-state index in [1.807, 2.05) is 28.8 Å². The molecule has 0 saturated carbocycles. The van der Waals surface area contributed by atoms with E-state index in [0.717, 1.165) is 5.65 Å². The zero-order chi connectivity index (χ0) is 13.1. The third-order valence-electron chi connectivity index (χ3n) is 2.81. The van der Waals surface area contributed by atoms with E-state index in [4.69, 9.17) is 0 Å². The molecule has 0 bridgehead atoms. The maximum Gasteiger partial charge on any atom is 0.273 e. The fraction of sp³-hybridized carbons (Fsp3) is 0.385. The molecule has 0 saturated heterocycles. The van der Waals surface area contributed by atoms with Crippen LogP contribution in [0.3, 0.4) is 0 Å². The summed E-state index contributed by atoms with van der Waals surface area (Å²) in [6.07, 6.45) is 3.74. The number of aliphatic hydroxyl groups is 1. The van der Waals surface area contributed by atoms with Gasteiger partial charge in [-0.05, 0) is 25.5 Å². The quantitative estimate of drug-likeness (QED) is 0.882. The Morgan fingerprint density at radius 1 is 1.56 bits per heavy atom. The summed E-state index contributed by atoms with van der Waals surface area (Å²) in [4.78, 5) is 17.9. The highest BCUT2D eigenvalue weighted by Gasteiger charge is 2.15. The molecule has 96 valence electrons. The van der Waals surface area contributed by atoms with Gasteiger partial charge in [-0.15, -0.1) is 0 Å². The van der Waals surface area contributed by atoms with Gasteiger partial charge in [0.1, 0.15) is 11.3 Å². The van der Waals surface area contributed by atoms with Crippen LogP contribution in [-0.2, 0) is 0 Å². The Hall–Kier alpha value is -1.88. The highest BCUT2D eigenvalue weighted by atomic mass is 16.3. The number of rotatable bonds is 4. The highest BCUT2D eigenvalue weighted by molar-refractivity contribution is 5.92. The first-order valence-corrected chi connectivity index (χ1v) is 5.95. The van der Waals surface area contributed by atoms with E-state index in [2.05, 4.69) is 4.98 Å². The number of aromatic nitrogens is 2. The summed E-state index contributed by atoms with van der Waals surface area (Å²) in [7, 11) is 1.72. The molecule has 0 aliphatic heterocycles. The number of carbonyl (C=O) groups excluding carboxylic acids is 1. The van der Waals surface area contributed by atoms with Crippen molar-refractivity contribution < 1.29 is 9.90 Å². The van der Waals surface area contributed by atoms with Gasteiger partial charge in [-0.1, -0.05) is 6.07 Å². The van der Waals surface area contributed by atoms with E-state index in [-0.39, 0.29) is 5.91 Å². The lowest BCUT2D eigenvalue weighted by Gasteiger charge is -2.16. The van der Waals surface area contributed by atoms with Crippen molar-refractivity contribution in [2.45, 2.75) is 19.4 Å². The van der Waals surface area contributed by atoms with Gasteiger partial charge in [-0.2, -0.15) is 0 Å². The van der Waals surface area contributed by atoms with Gasteiger partial charge >= 0.3 is 0 Å². The summed E-state index contributed by atoms with van der Waals surface area (Å²) in [5.41, 5.74) is 1.18. The van der Waals surface area contributed by atoms with Crippen LogP contribution in [-0.4, -0.2) is 45.0 Å². The van der Waals surface area contributed by atoms with E-state index >= 15 is 0 Å². The first-order chi connectivity index (χ1) is 8.58. The third kappa shape index (κ3) is 2.68. The summed E-state index contributed by atoms with van der Waals surface area (Å²) in [6, 6.07) is 5.63. The van der Waals surface area contributed by atoms with Crippen molar-refractivity contribution in [1.82, 2.24) is 14.3 Å². The van der Waals surface area contributed by atoms with Gasteiger partial charge in [0.05, 0.1) is 6.10 Å². The van der Waals surface area contributed by atoms with Crippen LogP contribution in [0.4, 0.5) is 0 Å². The van der Waals surface area contributed by atoms with E-state index in [9.17, 15) is 9.90 Å². The van der Waals surface area contributed by atoms with Crippen LogP contribution >= 0.6 is 0 Å². The predicted molar refractivity (Wildman–Crippen MR) is 68.5 cm³/mol. The van der Waals surface area contributed by atoms with Crippen LogP contribution in [0.15, 0.2) is 30.6 Å². The van der Waals surface area contributed by atoms with Gasteiger partial charge in [0, 0.05) is 26.0 Å². The van der Waals surface area contributed by atoms with E-state index in [0.29, 0.717) is 18.7 Å². The molecule has 2 rings (SSSR count). The van der Waals surface area contributed by atoms with Crippen LogP contribution in [0.25, 0.3) is 5.65 Å². The second-order valence-corrected chi connectivity index (χ2v) is 4.46. The second kappa shape index (κ2) is 5.18. The number of pyridine rings is 1. The van der Waals surface area contributed by atoms with E-state index < -0.39 is 6.10 Å². The molecule has 1 N–H and O–H groups in total. The van der Waals surface area contributed by atoms with Gasteiger partial charge in [0.2, 0.25) is 0 Å². The zero-order valence-corrected chi connectivity index (χ0v) is 10.6. The lowest BCUT2D eigenvalue weighted by molar-refractivity contribution is 0.0764. The minimum absolute atomic E-state index is 0.126. The first-order valence-electron chi connectivity index (χ1n) is 5.95. The van der Waals surface area contributed by atoms with Crippen molar-refractivity contribution in [2.24, 2.45) is 0 Å². The molecule has 1 atom stereocenters. The Morgan fingerprint density at radius 2 is 2.33 bits per heavy atom. The van der Waals surface area contributed by atoms with Crippen LogP contribution in [0.5, 0.6) is 0 Å². The zero-order valence-electron chi connectivity index (χ0n) is 10.6. The van der Waals surface area contributed by atoms with Crippen molar-refractivity contribution in [3.8, 4) is 0 Å². The number of nitrogens with zero attached hydrogens (tertiary/aromatic N) is 3. The lowest BCUT2D eigenvalue weighted by atomic mass is 10.2. The van der Waals surface area contributed by atoms with Crippen molar-refractivity contribution in [3.05, 3.63) is 36.3 Å². The standard InChI is InChI=1S/C13H17N3O2/c1-10(17)6-8-15(2)13(18)11-9-16-7-4-3-5-12(16)14-11/h3-5,7,9-10,17H,6,8H2,1-2H3. The molecule has 5 nitrogen and oxygen atoms in total. The largest absolute Gasteiger partial charge is 0.393 e. The van der Waals surface area contributed by atoms with Crippen molar-refractivity contribution in [3.63, 3.8) is 0 Å². The smallest absolute Gasteiger partial charge is 0.273 e. The van der Waals surface area contributed by atoms with Gasteiger partial charge in [-0.3, -0.25) is 4.79 Å². The lowest BCUT2D eigenvalue weighted by Crippen LogP contribution is -2.29. The first kappa shape index (κ1) is 12.6. The Bertz CT molecular complexity index is 515. The molecule has 0 aliphatic rings. The van der Waals surface area contributed by atoms with E-state index in [1.165, 1.54) is 0 Å². The fourth-order valence-electron chi connectivity index (χ4n) is 1.72. The number of hydrogen-bond donors (Lipinski definition) is 1. The summed E-state index contributed by atoms with van der Waals surface area (Å²) < 4.78 is 1.82. The summed E-state index contributed by atoms with van der Waals surface area (Å²) in [6.45, 7) is 2.23. The molecule has 5 heteroatoms. The van der Waals surface area contributed by atoms with Gasteiger partial charge in [0.15, 0.2) is 0 Å². The fourth-order valence-corrected chi connectivity index (χ4v) is 1.72. The predicted octanol–water partition coefficient (Wildman–Crippen LogP) is 1.18. The summed E-state index contributed by atoms with van der Waals surface area (Å²) in [5, 5.41) is 9.21. The SMILES string of the molecule is CC(O)CCN(C)C(=O)c1cn2ccccc2n1. The molecule has 0 aromatic carbocycles. The molecule has 0 spiro atoms. The molecular weight excluding hydrogens is 230 g/mol. The molecule has 1 amide bonds. The number of carbonyl (C=O) groups is 1. The Labute approximate surface area is 106 Å². The molecule has 0 aliphatic carbocycles. The normalized spacial score (nSPS) is 12.6. The van der Waals surface area contributed by atoms with Crippen LogP contribution in [0, 0.1) is 0 Å². The van der Waals surface area contributed by atoms with Crippen LogP contribution in [0.1, 0.15) is 23.8 Å². The highest BCUT2D eigenvalue weighted by Crippen LogP contribution is 2.07. The third-order valence-corrected chi connectivity index (χ3v) is 2.81. The molecule has 0 fully saturated rings. The number of imidazole rings is 1. The maximum absolute atomic E-state index is 12.1. The molecule has 2 aromatic heterocycles. The number of fused-ring (bicyclic) bond motifs is 1. The number of hydrogen-bond acceptors (Lipinski definition) is 3.